The maximum atomic E-state index is 14.8. The molecule has 8 atom stereocenters. The molecule has 0 radical (unpaired) electrons. The minimum absolute atomic E-state index is 0.00332. The number of fused-ring (bicyclic) bond motifs is 5. The van der Waals surface area contributed by atoms with E-state index in [1.54, 1.807) is 7.05 Å². The van der Waals surface area contributed by atoms with Crippen LogP contribution in [0.2, 0.25) is 0 Å². The molecule has 0 amide bonds. The van der Waals surface area contributed by atoms with Gasteiger partial charge in [0, 0.05) is 18.7 Å². The Kier molecular flexibility index (Phi) is 5.67. The zero-order valence-corrected chi connectivity index (χ0v) is 24.3. The van der Waals surface area contributed by atoms with Gasteiger partial charge in [-0.15, -0.1) is 0 Å². The summed E-state index contributed by atoms with van der Waals surface area (Å²) in [5, 5.41) is 16.2. The molecule has 6 rings (SSSR count). The average molecular weight is 536 g/mol. The largest absolute Gasteiger partial charge is 0.451 e. The number of carbonyl (C=O) groups excluding carboxylic acids is 2. The molecule has 5 aliphatic rings. The Hall–Kier alpha value is -2.48. The highest BCUT2D eigenvalue weighted by atomic mass is 16.7. The molecular weight excluding hydrogens is 494 g/mol. The van der Waals surface area contributed by atoms with Crippen LogP contribution < -0.4 is 5.32 Å². The summed E-state index contributed by atoms with van der Waals surface area (Å²) in [6, 6.07) is 5.56. The maximum absolute atomic E-state index is 14.8. The van der Waals surface area contributed by atoms with Crippen LogP contribution in [0.4, 0.5) is 5.69 Å². The summed E-state index contributed by atoms with van der Waals surface area (Å²) < 4.78 is 18.8. The summed E-state index contributed by atoms with van der Waals surface area (Å²) in [6.45, 7) is 14.1. The number of benzene rings is 1. The van der Waals surface area contributed by atoms with E-state index in [1.165, 1.54) is 0 Å². The smallest absolute Gasteiger partial charge is 0.341 e. The first-order chi connectivity index (χ1) is 18.2. The standard InChI is InChI=1S/C32H41NO6/c1-16-10-9-11-22(33-8)23(16)28(35)38-26-17(2)14-31-18(3)12-21-24(29(21,4)5)20(25(31)34)13-19-15-37-30(6,7)39-27(19)32(26,31)36/h9-11,13-14,18,20-21,24,26-27,33,36H,12,15H2,1-8H3/t18-,20+,21-,24?,26+,27-,31+,32-/m1/s1. The van der Waals surface area contributed by atoms with Crippen molar-refractivity contribution in [1.82, 2.24) is 0 Å². The van der Waals surface area contributed by atoms with Crippen molar-refractivity contribution in [2.24, 2.45) is 34.5 Å². The van der Waals surface area contributed by atoms with Gasteiger partial charge in [-0.05, 0) is 80.1 Å². The van der Waals surface area contributed by atoms with Gasteiger partial charge in [-0.25, -0.2) is 4.79 Å². The molecule has 7 nitrogen and oxygen atoms in total. The van der Waals surface area contributed by atoms with Gasteiger partial charge in [-0.3, -0.25) is 4.79 Å². The maximum Gasteiger partial charge on any atom is 0.341 e. The fourth-order valence-electron chi connectivity index (χ4n) is 8.61. The fraction of sp³-hybridized carbons (Fsp3) is 0.625. The van der Waals surface area contributed by atoms with E-state index in [2.05, 4.69) is 26.1 Å². The van der Waals surface area contributed by atoms with Crippen LogP contribution in [-0.4, -0.2) is 54.1 Å². The van der Waals surface area contributed by atoms with E-state index in [1.807, 2.05) is 58.0 Å². The van der Waals surface area contributed by atoms with Gasteiger partial charge in [0.15, 0.2) is 23.3 Å². The molecule has 4 aliphatic carbocycles. The zero-order valence-electron chi connectivity index (χ0n) is 24.3. The van der Waals surface area contributed by atoms with Gasteiger partial charge in [0.2, 0.25) is 0 Å². The second-order valence-corrected chi connectivity index (χ2v) is 13.5. The molecule has 1 unspecified atom stereocenters. The summed E-state index contributed by atoms with van der Waals surface area (Å²) in [7, 11) is 1.76. The van der Waals surface area contributed by atoms with E-state index in [0.29, 0.717) is 22.7 Å². The summed E-state index contributed by atoms with van der Waals surface area (Å²) in [6.07, 6.45) is 2.81. The Morgan fingerprint density at radius 2 is 1.90 bits per heavy atom. The highest BCUT2D eigenvalue weighted by molar-refractivity contribution is 5.98. The predicted octanol–water partition coefficient (Wildman–Crippen LogP) is 4.83. The van der Waals surface area contributed by atoms with Crippen LogP contribution in [0.3, 0.4) is 0 Å². The summed E-state index contributed by atoms with van der Waals surface area (Å²) in [5.74, 6) is -1.50. The van der Waals surface area contributed by atoms with Gasteiger partial charge in [0.1, 0.15) is 6.10 Å². The van der Waals surface area contributed by atoms with Crippen molar-refractivity contribution < 1.29 is 28.9 Å². The van der Waals surface area contributed by atoms with E-state index in [-0.39, 0.29) is 35.6 Å². The van der Waals surface area contributed by atoms with Crippen molar-refractivity contribution in [3.05, 3.63) is 52.6 Å². The van der Waals surface area contributed by atoms with E-state index in [9.17, 15) is 14.7 Å². The van der Waals surface area contributed by atoms with Crippen LogP contribution in [0.5, 0.6) is 0 Å². The summed E-state index contributed by atoms with van der Waals surface area (Å²) >= 11 is 0. The molecule has 2 N–H and O–H groups in total. The molecule has 210 valence electrons. The fourth-order valence-corrected chi connectivity index (χ4v) is 8.61. The normalized spacial score (nSPS) is 41.1. The number of nitrogens with one attached hydrogen (secondary N) is 1. The number of ether oxygens (including phenoxy) is 3. The van der Waals surface area contributed by atoms with E-state index >= 15 is 0 Å². The highest BCUT2D eigenvalue weighted by Crippen LogP contribution is 2.72. The van der Waals surface area contributed by atoms with Crippen molar-refractivity contribution in [3.8, 4) is 0 Å². The second-order valence-electron chi connectivity index (χ2n) is 13.5. The number of esters is 1. The Labute approximate surface area is 231 Å². The van der Waals surface area contributed by atoms with Crippen molar-refractivity contribution >= 4 is 17.4 Å². The first-order valence-electron chi connectivity index (χ1n) is 14.2. The lowest BCUT2D eigenvalue weighted by Crippen LogP contribution is -2.68. The summed E-state index contributed by atoms with van der Waals surface area (Å²) in [5.41, 5.74) is 0.205. The van der Waals surface area contributed by atoms with Gasteiger partial charge in [-0.2, -0.15) is 0 Å². The predicted molar refractivity (Wildman–Crippen MR) is 147 cm³/mol. The molecule has 1 heterocycles. The quantitative estimate of drug-likeness (QED) is 0.423. The lowest BCUT2D eigenvalue weighted by Gasteiger charge is -2.52. The second kappa shape index (κ2) is 8.27. The SMILES string of the molecule is CNc1cccc(C)c1C(=O)O[C@H]1C(C)=C[C@]23C(=O)[C@@H](C=C4COC(C)(C)O[C@H]4[C@]12O)C1[C@@H](C[C@H]3C)C1(C)C. The Morgan fingerprint density at radius 1 is 1.18 bits per heavy atom. The number of allylic oxidation sites excluding steroid dienone is 1. The molecule has 0 aromatic heterocycles. The average Bonchev–Trinajstić information content (AvgIpc) is 3.36. The van der Waals surface area contributed by atoms with Crippen molar-refractivity contribution in [3.63, 3.8) is 0 Å². The number of anilines is 1. The third kappa shape index (κ3) is 3.39. The first kappa shape index (κ1) is 26.7. The van der Waals surface area contributed by atoms with Gasteiger partial charge in [0.25, 0.3) is 0 Å². The van der Waals surface area contributed by atoms with Gasteiger partial charge in [0.05, 0.1) is 17.6 Å². The number of carbonyl (C=O) groups is 2. The Balaban J connectivity index is 1.52. The number of aliphatic hydroxyl groups is 1. The molecule has 3 fully saturated rings. The van der Waals surface area contributed by atoms with Crippen LogP contribution >= 0.6 is 0 Å². The van der Waals surface area contributed by atoms with Crippen molar-refractivity contribution in [2.75, 3.05) is 19.0 Å². The minimum atomic E-state index is -1.83. The topological polar surface area (TPSA) is 94.1 Å². The van der Waals surface area contributed by atoms with Crippen molar-refractivity contribution in [2.45, 2.75) is 78.5 Å². The van der Waals surface area contributed by atoms with E-state index in [4.69, 9.17) is 14.2 Å². The number of ketones is 1. The first-order valence-corrected chi connectivity index (χ1v) is 14.2. The minimum Gasteiger partial charge on any atom is -0.451 e. The van der Waals surface area contributed by atoms with Crippen molar-refractivity contribution in [1.29, 1.82) is 0 Å². The molecule has 2 bridgehead atoms. The van der Waals surface area contributed by atoms with Crippen LogP contribution in [0.25, 0.3) is 0 Å². The molecule has 1 saturated heterocycles. The molecule has 39 heavy (non-hydrogen) atoms. The molecule has 7 heteroatoms. The van der Waals surface area contributed by atoms with Gasteiger partial charge in [-0.1, -0.05) is 45.1 Å². The van der Waals surface area contributed by atoms with Crippen LogP contribution in [0.1, 0.15) is 63.9 Å². The number of Topliss-reactive ketones (excluding diaryl/α,β-unsaturated/α-hetero) is 1. The molecule has 1 aliphatic heterocycles. The number of hydrogen-bond donors (Lipinski definition) is 2. The zero-order chi connectivity index (χ0) is 28.3. The summed E-state index contributed by atoms with van der Waals surface area (Å²) in [4.78, 5) is 28.6. The highest BCUT2D eigenvalue weighted by Gasteiger charge is 2.77. The third-order valence-electron chi connectivity index (χ3n) is 10.6. The van der Waals surface area contributed by atoms with Gasteiger partial charge < -0.3 is 24.6 Å². The molecule has 2 saturated carbocycles. The lowest BCUT2D eigenvalue weighted by molar-refractivity contribution is -0.302. The Bertz CT molecular complexity index is 1330. The van der Waals surface area contributed by atoms with Crippen LogP contribution in [0, 0.1) is 41.4 Å². The molecule has 1 aromatic rings. The van der Waals surface area contributed by atoms with Gasteiger partial charge >= 0.3 is 5.97 Å². The monoisotopic (exact) mass is 535 g/mol. The lowest BCUT2D eigenvalue weighted by atomic mass is 9.59. The molecule has 1 spiro atoms. The number of rotatable bonds is 3. The molecule has 1 aromatic carbocycles. The van der Waals surface area contributed by atoms with E-state index < -0.39 is 35.0 Å². The van der Waals surface area contributed by atoms with Crippen LogP contribution in [-0.2, 0) is 19.0 Å². The molecular formula is C32H41NO6. The third-order valence-corrected chi connectivity index (χ3v) is 10.6. The number of aryl methyl sites for hydroxylation is 1. The number of hydrogen-bond acceptors (Lipinski definition) is 7. The van der Waals surface area contributed by atoms with E-state index in [0.717, 1.165) is 17.6 Å². The Morgan fingerprint density at radius 3 is 2.59 bits per heavy atom. The van der Waals surface area contributed by atoms with Crippen LogP contribution in [0.15, 0.2) is 41.5 Å².